The van der Waals surface area contributed by atoms with Crippen molar-refractivity contribution in [2.24, 2.45) is 17.8 Å². The lowest BCUT2D eigenvalue weighted by Crippen LogP contribution is -2.51. The number of aliphatic carboxylic acids is 1. The van der Waals surface area contributed by atoms with E-state index in [0.717, 1.165) is 45.3 Å². The van der Waals surface area contributed by atoms with E-state index in [2.05, 4.69) is 5.32 Å². The highest BCUT2D eigenvalue weighted by Gasteiger charge is 2.47. The Morgan fingerprint density at radius 3 is 2.88 bits per heavy atom. The van der Waals surface area contributed by atoms with Gasteiger partial charge in [0, 0.05) is 25.3 Å². The van der Waals surface area contributed by atoms with Gasteiger partial charge in [0.15, 0.2) is 0 Å². The number of carbonyl (C=O) groups is 1. The number of carboxylic acids is 1. The Balaban J connectivity index is 1.79. The number of carboxylic acid groups (broad SMARTS) is 1. The van der Waals surface area contributed by atoms with E-state index >= 15 is 0 Å². The smallest absolute Gasteiger partial charge is 0.306 e. The van der Waals surface area contributed by atoms with Gasteiger partial charge in [-0.25, -0.2) is 0 Å². The van der Waals surface area contributed by atoms with Gasteiger partial charge >= 0.3 is 5.97 Å². The fourth-order valence-electron chi connectivity index (χ4n) is 4.08. The molecule has 3 aliphatic heterocycles. The number of nitrogens with one attached hydrogen (secondary N) is 1. The molecule has 2 bridgehead atoms. The van der Waals surface area contributed by atoms with Crippen LogP contribution in [0.5, 0.6) is 0 Å². The Kier molecular flexibility index (Phi) is 3.09. The average molecular weight is 239 g/mol. The van der Waals surface area contributed by atoms with Crippen molar-refractivity contribution in [2.45, 2.75) is 44.2 Å². The van der Waals surface area contributed by atoms with Crippen LogP contribution in [-0.2, 0) is 9.53 Å². The molecule has 0 amide bonds. The normalized spacial score (nSPS) is 45.8. The largest absolute Gasteiger partial charge is 0.481 e. The minimum absolute atomic E-state index is 0.152. The Hall–Kier alpha value is -0.610. The summed E-state index contributed by atoms with van der Waals surface area (Å²) in [7, 11) is 0. The fourth-order valence-corrected chi connectivity index (χ4v) is 4.08. The number of hydrogen-bond donors (Lipinski definition) is 2. The molecule has 0 radical (unpaired) electrons. The van der Waals surface area contributed by atoms with E-state index in [1.165, 1.54) is 0 Å². The van der Waals surface area contributed by atoms with Gasteiger partial charge in [-0.05, 0) is 43.9 Å². The highest BCUT2D eigenvalue weighted by atomic mass is 16.5. The number of piperidine rings is 1. The number of ether oxygens (including phenoxy) is 1. The zero-order chi connectivity index (χ0) is 11.8. The van der Waals surface area contributed by atoms with E-state index in [4.69, 9.17) is 4.74 Å². The van der Waals surface area contributed by atoms with Crippen LogP contribution in [0.1, 0.15) is 32.1 Å². The van der Waals surface area contributed by atoms with E-state index in [1.807, 2.05) is 0 Å². The molecule has 0 aliphatic carbocycles. The summed E-state index contributed by atoms with van der Waals surface area (Å²) in [5.41, 5.74) is 0. The zero-order valence-electron chi connectivity index (χ0n) is 10.1. The summed E-state index contributed by atoms with van der Waals surface area (Å²) in [6.45, 7) is 1.61. The minimum Gasteiger partial charge on any atom is -0.481 e. The topological polar surface area (TPSA) is 58.6 Å². The van der Waals surface area contributed by atoms with Gasteiger partial charge < -0.3 is 15.2 Å². The molecule has 3 fully saturated rings. The molecule has 0 aromatic carbocycles. The first-order valence-corrected chi connectivity index (χ1v) is 6.82. The second-order valence-corrected chi connectivity index (χ2v) is 5.78. The first-order valence-electron chi connectivity index (χ1n) is 6.82. The third-order valence-electron chi connectivity index (χ3n) is 4.80. The molecule has 17 heavy (non-hydrogen) atoms. The summed E-state index contributed by atoms with van der Waals surface area (Å²) in [4.78, 5) is 11.5. The van der Waals surface area contributed by atoms with E-state index in [1.54, 1.807) is 0 Å². The van der Waals surface area contributed by atoms with Gasteiger partial charge in [-0.1, -0.05) is 0 Å². The first kappa shape index (κ1) is 11.5. The maximum absolute atomic E-state index is 11.5. The highest BCUT2D eigenvalue weighted by molar-refractivity contribution is 5.71. The van der Waals surface area contributed by atoms with Crippen LogP contribution < -0.4 is 5.32 Å². The predicted molar refractivity (Wildman–Crippen MR) is 62.7 cm³/mol. The quantitative estimate of drug-likeness (QED) is 0.761. The van der Waals surface area contributed by atoms with Crippen LogP contribution in [-0.4, -0.2) is 36.4 Å². The van der Waals surface area contributed by atoms with Gasteiger partial charge in [-0.3, -0.25) is 4.79 Å². The first-order chi connectivity index (χ1) is 8.25. The molecular weight excluding hydrogens is 218 g/mol. The van der Waals surface area contributed by atoms with Crippen molar-refractivity contribution in [1.82, 2.24) is 5.32 Å². The summed E-state index contributed by atoms with van der Waals surface area (Å²) in [5.74, 6) is -0.0210. The Morgan fingerprint density at radius 1 is 1.29 bits per heavy atom. The number of rotatable bonds is 2. The van der Waals surface area contributed by atoms with Gasteiger partial charge in [-0.2, -0.15) is 0 Å². The lowest BCUT2D eigenvalue weighted by Gasteiger charge is -2.41. The molecule has 96 valence electrons. The zero-order valence-corrected chi connectivity index (χ0v) is 10.1. The van der Waals surface area contributed by atoms with Gasteiger partial charge in [0.2, 0.25) is 0 Å². The van der Waals surface area contributed by atoms with E-state index in [9.17, 15) is 9.90 Å². The van der Waals surface area contributed by atoms with Gasteiger partial charge in [0.25, 0.3) is 0 Å². The van der Waals surface area contributed by atoms with Crippen LogP contribution >= 0.6 is 0 Å². The summed E-state index contributed by atoms with van der Waals surface area (Å²) in [6.07, 6.45) is 5.34. The third kappa shape index (κ3) is 2.08. The Bertz CT molecular complexity index is 301. The summed E-state index contributed by atoms with van der Waals surface area (Å²) >= 11 is 0. The molecular formula is C13H21NO3. The summed E-state index contributed by atoms with van der Waals surface area (Å²) in [6, 6.07) is 0.864. The van der Waals surface area contributed by atoms with Gasteiger partial charge in [0.1, 0.15) is 0 Å². The molecule has 3 rings (SSSR count). The maximum Gasteiger partial charge on any atom is 0.306 e. The molecule has 0 aromatic heterocycles. The van der Waals surface area contributed by atoms with Crippen molar-refractivity contribution >= 4 is 5.97 Å². The van der Waals surface area contributed by atoms with Crippen molar-refractivity contribution < 1.29 is 14.6 Å². The van der Waals surface area contributed by atoms with Crippen LogP contribution in [0.2, 0.25) is 0 Å². The van der Waals surface area contributed by atoms with Gasteiger partial charge in [0.05, 0.1) is 5.92 Å². The molecule has 4 nitrogen and oxygen atoms in total. The molecule has 4 heteroatoms. The van der Waals surface area contributed by atoms with E-state index in [-0.39, 0.29) is 11.8 Å². The number of hydrogen-bond acceptors (Lipinski definition) is 3. The van der Waals surface area contributed by atoms with Crippen molar-refractivity contribution in [3.63, 3.8) is 0 Å². The van der Waals surface area contributed by atoms with Crippen molar-refractivity contribution in [1.29, 1.82) is 0 Å². The molecule has 0 saturated carbocycles. The molecule has 3 aliphatic rings. The van der Waals surface area contributed by atoms with Crippen LogP contribution in [0, 0.1) is 17.8 Å². The lowest BCUT2D eigenvalue weighted by molar-refractivity contribution is -0.147. The fraction of sp³-hybridized carbons (Fsp3) is 0.923. The molecule has 0 aromatic rings. The summed E-state index contributed by atoms with van der Waals surface area (Å²) in [5, 5.41) is 13.0. The summed E-state index contributed by atoms with van der Waals surface area (Å²) < 4.78 is 5.55. The monoisotopic (exact) mass is 239 g/mol. The Labute approximate surface area is 102 Å². The second-order valence-electron chi connectivity index (χ2n) is 5.78. The van der Waals surface area contributed by atoms with Crippen molar-refractivity contribution in [3.05, 3.63) is 0 Å². The second kappa shape index (κ2) is 4.58. The van der Waals surface area contributed by atoms with E-state index < -0.39 is 5.97 Å². The maximum atomic E-state index is 11.5. The molecule has 2 N–H and O–H groups in total. The lowest BCUT2D eigenvalue weighted by atomic mass is 9.72. The van der Waals surface area contributed by atoms with Crippen LogP contribution in [0.4, 0.5) is 0 Å². The molecule has 0 spiro atoms. The Morgan fingerprint density at radius 2 is 2.18 bits per heavy atom. The molecule has 5 unspecified atom stereocenters. The SMILES string of the molecule is O=C(O)C1CC2CCC(N2)C1C1CCCOC1. The van der Waals surface area contributed by atoms with E-state index in [0.29, 0.717) is 18.0 Å². The van der Waals surface area contributed by atoms with Crippen LogP contribution in [0.15, 0.2) is 0 Å². The predicted octanol–water partition coefficient (Wildman–Crippen LogP) is 1.25. The molecule has 3 heterocycles. The molecule has 5 atom stereocenters. The van der Waals surface area contributed by atoms with Crippen LogP contribution in [0.25, 0.3) is 0 Å². The average Bonchev–Trinajstić information content (AvgIpc) is 2.72. The third-order valence-corrected chi connectivity index (χ3v) is 4.80. The van der Waals surface area contributed by atoms with Crippen LogP contribution in [0.3, 0.4) is 0 Å². The highest BCUT2D eigenvalue weighted by Crippen LogP contribution is 2.42. The van der Waals surface area contributed by atoms with Crippen molar-refractivity contribution in [3.8, 4) is 0 Å². The van der Waals surface area contributed by atoms with Gasteiger partial charge in [-0.15, -0.1) is 0 Å². The van der Waals surface area contributed by atoms with Crippen molar-refractivity contribution in [2.75, 3.05) is 13.2 Å². The number of fused-ring (bicyclic) bond motifs is 2. The molecule has 3 saturated heterocycles. The minimum atomic E-state index is -0.598. The standard InChI is InChI=1S/C13H21NO3/c15-13(16)10-6-9-3-4-11(14-9)12(10)8-2-1-5-17-7-8/h8-12,14H,1-7H2,(H,15,16).